The average molecular weight is 316 g/mol. The summed E-state index contributed by atoms with van der Waals surface area (Å²) >= 11 is 0. The number of hydrogen-bond donors (Lipinski definition) is 1. The monoisotopic (exact) mass is 316 g/mol. The van der Waals surface area contributed by atoms with E-state index in [1.165, 1.54) is 0 Å². The van der Waals surface area contributed by atoms with Crippen LogP contribution in [0.1, 0.15) is 24.3 Å². The highest BCUT2D eigenvalue weighted by atomic mass is 16.5. The lowest BCUT2D eigenvalue weighted by molar-refractivity contribution is -0.124. The highest BCUT2D eigenvalue weighted by Crippen LogP contribution is 2.33. The topological polar surface area (TPSA) is 83.9 Å². The van der Waals surface area contributed by atoms with Gasteiger partial charge in [0, 0.05) is 57.3 Å². The van der Waals surface area contributed by atoms with Crippen molar-refractivity contribution in [2.45, 2.75) is 18.8 Å². The largest absolute Gasteiger partial charge is 0.384 e. The van der Waals surface area contributed by atoms with Gasteiger partial charge in [0.05, 0.1) is 6.61 Å². The molecule has 2 atom stereocenters. The molecule has 2 aliphatic heterocycles. The van der Waals surface area contributed by atoms with Gasteiger partial charge in [-0.25, -0.2) is 5.43 Å². The molecule has 122 valence electrons. The van der Waals surface area contributed by atoms with Gasteiger partial charge < -0.3 is 9.64 Å². The maximum absolute atomic E-state index is 12.6. The van der Waals surface area contributed by atoms with E-state index in [2.05, 4.69) is 15.5 Å². The van der Waals surface area contributed by atoms with E-state index < -0.39 is 0 Å². The Bertz CT molecular complexity index is 617. The molecule has 1 N–H and O–H groups in total. The van der Waals surface area contributed by atoms with Crippen LogP contribution >= 0.6 is 0 Å². The Morgan fingerprint density at radius 2 is 2.13 bits per heavy atom. The standard InChI is InChI=1S/C16H20N4O3/c1-23-10-12-8-20(9-13(12)11-4-6-17-7-5-11)16(22)14-2-3-15(21)19-18-14/h4-7,12-13H,2-3,8-10H2,1H3,(H,19,21)/t12-,13-/m0/s1. The first-order valence-corrected chi connectivity index (χ1v) is 7.72. The van der Waals surface area contributed by atoms with Gasteiger partial charge in [0.25, 0.3) is 5.91 Å². The first-order chi connectivity index (χ1) is 11.2. The SMILES string of the molecule is COC[C@@H]1CN(C(=O)C2=NNC(=O)CC2)C[C@H]1c1ccncc1. The van der Waals surface area contributed by atoms with Crippen molar-refractivity contribution in [2.24, 2.45) is 11.0 Å². The number of carbonyl (C=O) groups excluding carboxylic acids is 2. The second kappa shape index (κ2) is 6.87. The van der Waals surface area contributed by atoms with Crippen LogP contribution in [0.2, 0.25) is 0 Å². The number of aromatic nitrogens is 1. The van der Waals surface area contributed by atoms with Crippen LogP contribution in [0, 0.1) is 5.92 Å². The predicted molar refractivity (Wildman–Crippen MR) is 83.7 cm³/mol. The Hall–Kier alpha value is -2.28. The summed E-state index contributed by atoms with van der Waals surface area (Å²) in [5, 5.41) is 3.91. The van der Waals surface area contributed by atoms with Gasteiger partial charge in [-0.15, -0.1) is 0 Å². The molecule has 1 fully saturated rings. The number of pyridine rings is 1. The molecule has 0 unspecified atom stereocenters. The molecule has 0 aliphatic carbocycles. The molecule has 2 aliphatic rings. The van der Waals surface area contributed by atoms with Gasteiger partial charge in [0.1, 0.15) is 5.71 Å². The van der Waals surface area contributed by atoms with Crippen LogP contribution in [0.4, 0.5) is 0 Å². The molecule has 23 heavy (non-hydrogen) atoms. The minimum absolute atomic E-state index is 0.0948. The number of hydrogen-bond acceptors (Lipinski definition) is 5. The predicted octanol–water partition coefficient (Wildman–Crippen LogP) is 0.536. The van der Waals surface area contributed by atoms with Crippen molar-refractivity contribution in [1.29, 1.82) is 0 Å². The third-order valence-electron chi connectivity index (χ3n) is 4.39. The number of rotatable bonds is 4. The highest BCUT2D eigenvalue weighted by Gasteiger charge is 2.37. The Kier molecular flexibility index (Phi) is 4.66. The molecule has 1 saturated heterocycles. The normalized spacial score (nSPS) is 24.3. The molecule has 0 bridgehead atoms. The summed E-state index contributed by atoms with van der Waals surface area (Å²) in [5.41, 5.74) is 3.97. The summed E-state index contributed by atoms with van der Waals surface area (Å²) in [4.78, 5) is 29.6. The first-order valence-electron chi connectivity index (χ1n) is 7.72. The molecule has 0 radical (unpaired) electrons. The second-order valence-electron chi connectivity index (χ2n) is 5.91. The van der Waals surface area contributed by atoms with Crippen LogP contribution in [-0.4, -0.2) is 54.2 Å². The van der Waals surface area contributed by atoms with Crippen LogP contribution < -0.4 is 5.43 Å². The lowest BCUT2D eigenvalue weighted by Gasteiger charge is -2.19. The molecule has 0 aromatic carbocycles. The Balaban J connectivity index is 1.75. The molecule has 0 spiro atoms. The van der Waals surface area contributed by atoms with Crippen LogP contribution in [0.15, 0.2) is 29.6 Å². The summed E-state index contributed by atoms with van der Waals surface area (Å²) in [5.74, 6) is 0.225. The summed E-state index contributed by atoms with van der Waals surface area (Å²) in [6.45, 7) is 1.86. The van der Waals surface area contributed by atoms with E-state index in [4.69, 9.17) is 4.74 Å². The molecular weight excluding hydrogens is 296 g/mol. The van der Waals surface area contributed by atoms with E-state index in [1.54, 1.807) is 19.5 Å². The minimum Gasteiger partial charge on any atom is -0.384 e. The molecular formula is C16H20N4O3. The number of nitrogens with zero attached hydrogens (tertiary/aromatic N) is 3. The zero-order chi connectivity index (χ0) is 16.2. The van der Waals surface area contributed by atoms with Crippen LogP contribution in [0.25, 0.3) is 0 Å². The summed E-state index contributed by atoms with van der Waals surface area (Å²) < 4.78 is 5.32. The molecule has 2 amide bonds. The fourth-order valence-corrected chi connectivity index (χ4v) is 3.22. The summed E-state index contributed by atoms with van der Waals surface area (Å²) in [7, 11) is 1.68. The maximum atomic E-state index is 12.6. The van der Waals surface area contributed by atoms with Gasteiger partial charge in [-0.2, -0.15) is 5.10 Å². The average Bonchev–Trinajstić information content (AvgIpc) is 3.00. The number of likely N-dealkylation sites (tertiary alicyclic amines) is 1. The number of amides is 2. The van der Waals surface area contributed by atoms with Crippen molar-refractivity contribution in [3.05, 3.63) is 30.1 Å². The Labute approximate surface area is 134 Å². The Morgan fingerprint density at radius 3 is 2.78 bits per heavy atom. The van der Waals surface area contributed by atoms with Crippen LogP contribution in [0.3, 0.4) is 0 Å². The van der Waals surface area contributed by atoms with Crippen molar-refractivity contribution >= 4 is 17.5 Å². The number of nitrogens with one attached hydrogen (secondary N) is 1. The molecule has 1 aromatic heterocycles. The van der Waals surface area contributed by atoms with Gasteiger partial charge >= 0.3 is 0 Å². The third kappa shape index (κ3) is 3.39. The molecule has 1 aromatic rings. The number of carbonyl (C=O) groups is 2. The van der Waals surface area contributed by atoms with Crippen molar-refractivity contribution < 1.29 is 14.3 Å². The smallest absolute Gasteiger partial charge is 0.270 e. The third-order valence-corrected chi connectivity index (χ3v) is 4.39. The van der Waals surface area contributed by atoms with Gasteiger partial charge in [-0.3, -0.25) is 14.6 Å². The fourth-order valence-electron chi connectivity index (χ4n) is 3.22. The molecule has 7 heteroatoms. The second-order valence-corrected chi connectivity index (χ2v) is 5.91. The molecule has 3 rings (SSSR count). The van der Waals surface area contributed by atoms with Crippen LogP contribution in [-0.2, 0) is 14.3 Å². The van der Waals surface area contributed by atoms with E-state index in [1.807, 2.05) is 17.0 Å². The van der Waals surface area contributed by atoms with E-state index in [9.17, 15) is 9.59 Å². The molecule has 3 heterocycles. The van der Waals surface area contributed by atoms with E-state index in [-0.39, 0.29) is 23.7 Å². The van der Waals surface area contributed by atoms with E-state index >= 15 is 0 Å². The fraction of sp³-hybridized carbons (Fsp3) is 0.500. The number of hydrazone groups is 1. The van der Waals surface area contributed by atoms with Gasteiger partial charge in [-0.05, 0) is 17.7 Å². The first kappa shape index (κ1) is 15.6. The van der Waals surface area contributed by atoms with Gasteiger partial charge in [-0.1, -0.05) is 0 Å². The number of ether oxygens (including phenoxy) is 1. The minimum atomic E-state index is -0.144. The van der Waals surface area contributed by atoms with Crippen molar-refractivity contribution in [3.8, 4) is 0 Å². The molecule has 7 nitrogen and oxygen atoms in total. The maximum Gasteiger partial charge on any atom is 0.270 e. The zero-order valence-electron chi connectivity index (χ0n) is 13.1. The Morgan fingerprint density at radius 1 is 1.35 bits per heavy atom. The lowest BCUT2D eigenvalue weighted by Crippen LogP contribution is -2.39. The quantitative estimate of drug-likeness (QED) is 0.878. The van der Waals surface area contributed by atoms with E-state index in [0.29, 0.717) is 38.2 Å². The van der Waals surface area contributed by atoms with Gasteiger partial charge in [0.2, 0.25) is 5.91 Å². The highest BCUT2D eigenvalue weighted by molar-refractivity contribution is 6.39. The summed E-state index contributed by atoms with van der Waals surface area (Å²) in [6, 6.07) is 3.97. The molecule has 0 saturated carbocycles. The van der Waals surface area contributed by atoms with E-state index in [0.717, 1.165) is 5.56 Å². The van der Waals surface area contributed by atoms with Crippen molar-refractivity contribution in [3.63, 3.8) is 0 Å². The van der Waals surface area contributed by atoms with Crippen LogP contribution in [0.5, 0.6) is 0 Å². The summed E-state index contributed by atoms with van der Waals surface area (Å²) in [6.07, 6.45) is 4.25. The number of methoxy groups -OCH3 is 1. The zero-order valence-corrected chi connectivity index (χ0v) is 13.1. The van der Waals surface area contributed by atoms with Crippen molar-refractivity contribution in [1.82, 2.24) is 15.3 Å². The van der Waals surface area contributed by atoms with Crippen molar-refractivity contribution in [2.75, 3.05) is 26.8 Å². The van der Waals surface area contributed by atoms with Gasteiger partial charge in [0.15, 0.2) is 0 Å². The lowest BCUT2D eigenvalue weighted by atomic mass is 9.90.